The first-order valence-electron chi connectivity index (χ1n) is 17.7. The minimum Gasteiger partial charge on any atom is -0.756 e. The van der Waals surface area contributed by atoms with Gasteiger partial charge < -0.3 is 38.6 Å². The maximum absolute atomic E-state index is 16.4. The van der Waals surface area contributed by atoms with Crippen molar-refractivity contribution in [3.05, 3.63) is 105 Å². The smallest absolute Gasteiger partial charge is 0.389 e. The number of nitrogens with two attached hydrogens (primary N) is 1. The fraction of sp³-hybridized carbons (Fsp3) is 0.353. The number of halogens is 2. The lowest BCUT2D eigenvalue weighted by molar-refractivity contribution is -0.235. The number of imidazole rings is 1. The number of phosphoric acid groups is 1. The summed E-state index contributed by atoms with van der Waals surface area (Å²) in [4.78, 5) is 64.2. The summed E-state index contributed by atoms with van der Waals surface area (Å²) in [5.74, 6) is -0.0619. The summed E-state index contributed by atoms with van der Waals surface area (Å²) in [7, 11) is -3.99. The summed E-state index contributed by atoms with van der Waals surface area (Å²) in [5, 5.41) is 0. The standard InChI is InChI=1S/C34H33F2N7O14P2S/c1-50-19-8-4-18(5-9-19)33(45)53-20-6-2-17(3-7-20)14-60-59(49)52-13-22-27(24(35)32(55-22)43-16-40-26-29(37)38-15-39-30(26)43)56-58(47,48)51-12-21-28(57-59)25(36)31(54-21)42-11-10-23(44)41-34(42)46/h2-11,15-16,21-22,24-25,27-28,31-32H,12-14H2,1H3,(H,47,48)(H2,37,38,39)(H,41,44,46)/p-1/t21-,22-,24-,25-,27-,28-,31-,32-,59+/m1/s1. The van der Waals surface area contributed by atoms with Crippen LogP contribution in [0.3, 0.4) is 0 Å². The second kappa shape index (κ2) is 16.9. The number of rotatable bonds is 8. The molecule has 0 saturated carbocycles. The third kappa shape index (κ3) is 8.66. The molecule has 0 aliphatic carbocycles. The molecule has 3 aromatic heterocycles. The molecule has 3 aliphatic heterocycles. The van der Waals surface area contributed by atoms with Gasteiger partial charge in [0.15, 0.2) is 36.3 Å². The number of methoxy groups -OCH3 is 1. The zero-order valence-corrected chi connectivity index (χ0v) is 33.4. The van der Waals surface area contributed by atoms with Crippen LogP contribution in [0.5, 0.6) is 11.5 Å². The zero-order valence-electron chi connectivity index (χ0n) is 30.8. The molecule has 8 rings (SSSR count). The molecule has 3 saturated heterocycles. The van der Waals surface area contributed by atoms with Crippen LogP contribution < -0.4 is 31.3 Å². The number of fused-ring (bicyclic) bond motifs is 3. The van der Waals surface area contributed by atoms with E-state index in [0.717, 1.165) is 29.5 Å². The molecule has 26 heteroatoms. The largest absolute Gasteiger partial charge is 0.756 e. The first kappa shape index (κ1) is 41.8. The van der Waals surface area contributed by atoms with Gasteiger partial charge in [0, 0.05) is 18.0 Å². The van der Waals surface area contributed by atoms with Crippen molar-refractivity contribution in [2.24, 2.45) is 0 Å². The summed E-state index contributed by atoms with van der Waals surface area (Å²) in [6.07, 6.45) is -12.1. The minimum absolute atomic E-state index is 0.0263. The number of carbonyl (C=O) groups excluding carboxylic acids is 1. The van der Waals surface area contributed by atoms with E-state index in [1.807, 2.05) is 4.98 Å². The Morgan fingerprint density at radius 3 is 2.25 bits per heavy atom. The van der Waals surface area contributed by atoms with Crippen molar-refractivity contribution in [3.63, 3.8) is 0 Å². The van der Waals surface area contributed by atoms with E-state index >= 15 is 8.78 Å². The molecule has 60 heavy (non-hydrogen) atoms. The highest BCUT2D eigenvalue weighted by Gasteiger charge is 2.54. The maximum atomic E-state index is 16.4. The van der Waals surface area contributed by atoms with Crippen molar-refractivity contribution >= 4 is 49.0 Å². The molecule has 0 spiro atoms. The van der Waals surface area contributed by atoms with Gasteiger partial charge in [-0.05, 0) is 53.3 Å². The Morgan fingerprint density at radius 1 is 0.917 bits per heavy atom. The Hall–Kier alpha value is -4.87. The molecule has 1 unspecified atom stereocenters. The topological polar surface area (TPSA) is 273 Å². The van der Waals surface area contributed by atoms with Crippen LogP contribution in [-0.2, 0) is 42.5 Å². The molecule has 2 aromatic carbocycles. The fourth-order valence-corrected chi connectivity index (χ4v) is 10.8. The number of benzene rings is 2. The first-order valence-corrected chi connectivity index (χ1v) is 22.3. The number of alkyl halides is 2. The number of anilines is 1. The number of carbonyl (C=O) groups is 1. The second-order valence-corrected chi connectivity index (χ2v) is 18.7. The highest BCUT2D eigenvalue weighted by molar-refractivity contribution is 8.54. The molecular weight excluding hydrogens is 862 g/mol. The van der Waals surface area contributed by atoms with E-state index in [4.69, 9.17) is 42.8 Å². The number of nitrogen functional groups attached to an aromatic ring is 1. The van der Waals surface area contributed by atoms with Crippen LogP contribution in [0, 0.1) is 0 Å². The Bertz CT molecular complexity index is 2600. The average molecular weight is 895 g/mol. The van der Waals surface area contributed by atoms with Gasteiger partial charge in [0.25, 0.3) is 13.4 Å². The molecule has 3 N–H and O–H groups in total. The van der Waals surface area contributed by atoms with Crippen molar-refractivity contribution in [2.75, 3.05) is 26.1 Å². The Labute approximate surface area is 339 Å². The van der Waals surface area contributed by atoms with E-state index in [1.54, 1.807) is 24.3 Å². The van der Waals surface area contributed by atoms with Crippen molar-refractivity contribution in [1.29, 1.82) is 0 Å². The molecule has 318 valence electrons. The summed E-state index contributed by atoms with van der Waals surface area (Å²) in [5.41, 5.74) is 4.91. The number of ether oxygens (including phenoxy) is 4. The normalized spacial score (nSPS) is 30.8. The van der Waals surface area contributed by atoms with E-state index < -0.39 is 94.3 Å². The van der Waals surface area contributed by atoms with Crippen LogP contribution >= 0.6 is 26.0 Å². The SMILES string of the molecule is COc1ccc(C(=O)Oc2ccc(CS[P@@]3(=O)OC[C@H]4O[C@@H](n5cnc6c(N)ncnc65)[C@H](F)[C@@H]4OP(=O)([O-])OC[C@H]4O[C@@H](n5ccc(=O)[nH]c5=O)[C@H](F)[C@@H]4O3)cc2)cc1. The van der Waals surface area contributed by atoms with Gasteiger partial charge in [-0.3, -0.25) is 32.5 Å². The summed E-state index contributed by atoms with van der Waals surface area (Å²) >= 11 is 0.573. The molecule has 10 atom stereocenters. The molecule has 21 nitrogen and oxygen atoms in total. The van der Waals surface area contributed by atoms with Crippen LogP contribution in [0.25, 0.3) is 11.2 Å². The van der Waals surface area contributed by atoms with Crippen molar-refractivity contribution in [3.8, 4) is 11.5 Å². The molecular formula is C34H32F2N7O14P2S-. The van der Waals surface area contributed by atoms with Crippen molar-refractivity contribution < 1.29 is 64.6 Å². The van der Waals surface area contributed by atoms with E-state index in [9.17, 15) is 28.4 Å². The molecule has 0 bridgehead atoms. The van der Waals surface area contributed by atoms with Crippen LogP contribution in [0.1, 0.15) is 28.4 Å². The molecule has 3 aliphatic rings. The quantitative estimate of drug-likeness (QED) is 0.129. The number of aromatic amines is 1. The van der Waals surface area contributed by atoms with Crippen LogP contribution in [0.4, 0.5) is 14.6 Å². The van der Waals surface area contributed by atoms with Crippen LogP contribution in [0.2, 0.25) is 0 Å². The second-order valence-electron chi connectivity index (χ2n) is 13.3. The summed E-state index contributed by atoms with van der Waals surface area (Å²) in [6, 6.07) is 13.3. The number of hydrogen-bond donors (Lipinski definition) is 2. The van der Waals surface area contributed by atoms with Gasteiger partial charge in [0.1, 0.15) is 47.8 Å². The van der Waals surface area contributed by atoms with Crippen LogP contribution in [-0.4, -0.2) is 92.1 Å². The molecule has 0 amide bonds. The number of nitrogens with one attached hydrogen (secondary N) is 1. The third-order valence-electron chi connectivity index (χ3n) is 9.46. The number of H-pyrrole nitrogens is 1. The van der Waals surface area contributed by atoms with E-state index in [0.29, 0.717) is 27.3 Å². The molecule has 3 fully saturated rings. The van der Waals surface area contributed by atoms with Crippen LogP contribution in [0.15, 0.2) is 83.0 Å². The monoisotopic (exact) mass is 894 g/mol. The van der Waals surface area contributed by atoms with Crippen molar-refractivity contribution in [1.82, 2.24) is 29.1 Å². The molecule has 5 aromatic rings. The Balaban J connectivity index is 1.06. The predicted octanol–water partition coefficient (Wildman–Crippen LogP) is 2.98. The van der Waals surface area contributed by atoms with Gasteiger partial charge in [0.05, 0.1) is 32.2 Å². The number of nitrogens with zero attached hydrogens (tertiary/aromatic N) is 5. The lowest BCUT2D eigenvalue weighted by atomic mass is 10.1. The molecule has 6 heterocycles. The predicted molar refractivity (Wildman–Crippen MR) is 201 cm³/mol. The zero-order chi connectivity index (χ0) is 42.3. The lowest BCUT2D eigenvalue weighted by Gasteiger charge is -2.32. The summed E-state index contributed by atoms with van der Waals surface area (Å²) < 4.78 is 107. The van der Waals surface area contributed by atoms with Gasteiger partial charge >= 0.3 is 18.5 Å². The highest BCUT2D eigenvalue weighted by atomic mass is 32.7. The van der Waals surface area contributed by atoms with E-state index in [2.05, 4.69) is 15.0 Å². The highest BCUT2D eigenvalue weighted by Crippen LogP contribution is 2.64. The van der Waals surface area contributed by atoms with E-state index in [1.165, 1.54) is 31.4 Å². The number of hydrogen-bond acceptors (Lipinski definition) is 19. The Kier molecular flexibility index (Phi) is 11.8. The molecule has 0 radical (unpaired) electrons. The Morgan fingerprint density at radius 2 is 1.57 bits per heavy atom. The van der Waals surface area contributed by atoms with Gasteiger partial charge in [-0.25, -0.2) is 37.9 Å². The average Bonchev–Trinajstić information content (AvgIpc) is 3.89. The number of aromatic nitrogens is 6. The first-order chi connectivity index (χ1) is 28.7. The maximum Gasteiger partial charge on any atom is 0.389 e. The fourth-order valence-electron chi connectivity index (χ4n) is 6.50. The van der Waals surface area contributed by atoms with Gasteiger partial charge in [0.2, 0.25) is 0 Å². The minimum atomic E-state index is -5.48. The van der Waals surface area contributed by atoms with Crippen molar-refractivity contribution in [2.45, 2.75) is 55.0 Å². The number of phosphoric ester groups is 1. The van der Waals surface area contributed by atoms with Gasteiger partial charge in [-0.15, -0.1) is 0 Å². The lowest BCUT2D eigenvalue weighted by Crippen LogP contribution is -2.38. The summed E-state index contributed by atoms with van der Waals surface area (Å²) in [6.45, 7) is -6.51. The third-order valence-corrected chi connectivity index (χ3v) is 14.1. The number of esters is 1. The van der Waals surface area contributed by atoms with Gasteiger partial charge in [-0.1, -0.05) is 12.1 Å². The van der Waals surface area contributed by atoms with Gasteiger partial charge in [-0.2, -0.15) is 0 Å². The van der Waals surface area contributed by atoms with E-state index in [-0.39, 0.29) is 34.0 Å².